The van der Waals surface area contributed by atoms with Crippen LogP contribution in [0.3, 0.4) is 0 Å². The zero-order valence-corrected chi connectivity index (χ0v) is 11.7. The molecule has 0 bridgehead atoms. The van der Waals surface area contributed by atoms with Crippen molar-refractivity contribution in [1.29, 1.82) is 0 Å². The van der Waals surface area contributed by atoms with Crippen molar-refractivity contribution in [2.24, 2.45) is 0 Å². The van der Waals surface area contributed by atoms with Gasteiger partial charge in [-0.2, -0.15) is 8.42 Å². The van der Waals surface area contributed by atoms with Crippen molar-refractivity contribution in [3.05, 3.63) is 0 Å². The van der Waals surface area contributed by atoms with E-state index in [1.807, 2.05) is 0 Å². The van der Waals surface area contributed by atoms with Crippen molar-refractivity contribution in [2.45, 2.75) is 25.7 Å². The van der Waals surface area contributed by atoms with Gasteiger partial charge in [-0.25, -0.2) is 0 Å². The van der Waals surface area contributed by atoms with Crippen LogP contribution >= 0.6 is 0 Å². The number of rotatable bonds is 9. The second kappa shape index (κ2) is 7.82. The van der Waals surface area contributed by atoms with Gasteiger partial charge in [-0.15, -0.1) is 0 Å². The van der Waals surface area contributed by atoms with Crippen LogP contribution in [0.15, 0.2) is 0 Å². The van der Waals surface area contributed by atoms with Gasteiger partial charge in [-0.05, 0) is 12.8 Å². The molecule has 6 nitrogen and oxygen atoms in total. The third-order valence-corrected chi connectivity index (χ3v) is 3.01. The minimum atomic E-state index is -3.52. The summed E-state index contributed by atoms with van der Waals surface area (Å²) >= 11 is 8.23. The summed E-state index contributed by atoms with van der Waals surface area (Å²) in [5.74, 6) is 0. The lowest BCUT2D eigenvalue weighted by Crippen LogP contribution is -2.04. The highest BCUT2D eigenvalue weighted by atomic mass is 32.9. The SMILES string of the molecule is O=S(O)(=S)OCCCCCCOS(=O)(O)=S. The molecule has 0 fully saturated rings. The molecule has 2 N–H and O–H groups in total. The van der Waals surface area contributed by atoms with Crippen LogP contribution in [0.1, 0.15) is 25.7 Å². The molecule has 0 saturated carbocycles. The maximum atomic E-state index is 10.5. The van der Waals surface area contributed by atoms with Crippen LogP contribution in [0, 0.1) is 0 Å². The van der Waals surface area contributed by atoms with E-state index in [-0.39, 0.29) is 13.2 Å². The first-order chi connectivity index (χ1) is 7.21. The average molecular weight is 310 g/mol. The second-order valence-corrected chi connectivity index (χ2v) is 7.62. The van der Waals surface area contributed by atoms with Crippen LogP contribution < -0.4 is 0 Å². The zero-order valence-electron chi connectivity index (χ0n) is 8.40. The Balaban J connectivity index is 3.29. The molecule has 0 aliphatic heterocycles. The highest BCUT2D eigenvalue weighted by Crippen LogP contribution is 2.02. The maximum absolute atomic E-state index is 10.5. The van der Waals surface area contributed by atoms with Crippen molar-refractivity contribution in [2.75, 3.05) is 13.2 Å². The Morgan fingerprint density at radius 1 is 0.812 bits per heavy atom. The molecule has 0 heterocycles. The maximum Gasteiger partial charge on any atom is 0.266 e. The minimum absolute atomic E-state index is 0.122. The monoisotopic (exact) mass is 310 g/mol. The summed E-state index contributed by atoms with van der Waals surface area (Å²) < 4.78 is 47.0. The lowest BCUT2D eigenvalue weighted by atomic mass is 10.2. The molecule has 0 aliphatic carbocycles. The molecule has 0 spiro atoms. The largest absolute Gasteiger partial charge is 0.285 e. The van der Waals surface area contributed by atoms with E-state index in [1.54, 1.807) is 0 Å². The third kappa shape index (κ3) is 14.6. The topological polar surface area (TPSA) is 93.1 Å². The lowest BCUT2D eigenvalue weighted by molar-refractivity contribution is 0.279. The molecule has 0 aromatic rings. The van der Waals surface area contributed by atoms with Crippen LogP contribution in [-0.2, 0) is 48.8 Å². The number of hydrogen-bond donors (Lipinski definition) is 2. The standard InChI is InChI=1S/C6H14O6S4/c7-15(8,13)11-5-3-1-2-4-6-12-16(9,10)14/h1-6H2,(H,7,8,13)(H,9,10,14). The first kappa shape index (κ1) is 16.6. The molecule has 0 aromatic carbocycles. The average Bonchev–Trinajstić information content (AvgIpc) is 2.06. The second-order valence-electron chi connectivity index (χ2n) is 2.91. The Labute approximate surface area is 105 Å². The predicted molar refractivity (Wildman–Crippen MR) is 66.6 cm³/mol. The predicted octanol–water partition coefficient (Wildman–Crippen LogP) is 0.849. The molecule has 0 aliphatic rings. The molecule has 0 aromatic heterocycles. The van der Waals surface area contributed by atoms with E-state index >= 15 is 0 Å². The summed E-state index contributed by atoms with van der Waals surface area (Å²) in [6, 6.07) is 0. The van der Waals surface area contributed by atoms with Gasteiger partial charge in [0.05, 0.1) is 13.2 Å². The van der Waals surface area contributed by atoms with Gasteiger partial charge in [0.15, 0.2) is 0 Å². The Hall–Kier alpha value is 0.580. The summed E-state index contributed by atoms with van der Waals surface area (Å²) in [6.07, 6.45) is 2.68. The summed E-state index contributed by atoms with van der Waals surface area (Å²) in [6.45, 7) is 0.245. The van der Waals surface area contributed by atoms with Crippen LogP contribution in [0.25, 0.3) is 0 Å². The first-order valence-corrected chi connectivity index (χ1v) is 9.17. The van der Waals surface area contributed by atoms with Gasteiger partial charge >= 0.3 is 0 Å². The van der Waals surface area contributed by atoms with Gasteiger partial charge in [0.1, 0.15) is 0 Å². The van der Waals surface area contributed by atoms with E-state index in [1.165, 1.54) is 0 Å². The van der Waals surface area contributed by atoms with Crippen molar-refractivity contribution in [3.8, 4) is 0 Å². The van der Waals surface area contributed by atoms with Crippen molar-refractivity contribution in [3.63, 3.8) is 0 Å². The van der Waals surface area contributed by atoms with E-state index < -0.39 is 18.1 Å². The molecule has 98 valence electrons. The van der Waals surface area contributed by atoms with Gasteiger partial charge in [0.2, 0.25) is 0 Å². The van der Waals surface area contributed by atoms with Crippen LogP contribution in [-0.4, -0.2) is 30.7 Å². The molecule has 0 amide bonds. The molecule has 0 rings (SSSR count). The number of hydrogen-bond acceptors (Lipinski definition) is 6. The van der Waals surface area contributed by atoms with E-state index in [0.29, 0.717) is 12.8 Å². The summed E-state index contributed by atoms with van der Waals surface area (Å²) in [5, 5.41) is 0. The molecule has 16 heavy (non-hydrogen) atoms. The highest BCUT2D eigenvalue weighted by molar-refractivity contribution is 8.27. The van der Waals surface area contributed by atoms with Crippen LogP contribution in [0.4, 0.5) is 0 Å². The smallest absolute Gasteiger partial charge is 0.266 e. The van der Waals surface area contributed by atoms with Crippen LogP contribution in [0.2, 0.25) is 0 Å². The van der Waals surface area contributed by atoms with Crippen molar-refractivity contribution in [1.82, 2.24) is 0 Å². The Bertz CT molecular complexity index is 334. The van der Waals surface area contributed by atoms with E-state index in [9.17, 15) is 8.42 Å². The van der Waals surface area contributed by atoms with Gasteiger partial charge < -0.3 is 0 Å². The summed E-state index contributed by atoms with van der Waals surface area (Å²) in [4.78, 5) is 0. The Morgan fingerprint density at radius 2 is 1.12 bits per heavy atom. The van der Waals surface area contributed by atoms with Gasteiger partial charge in [-0.3, -0.25) is 17.5 Å². The van der Waals surface area contributed by atoms with Crippen molar-refractivity contribution < 1.29 is 25.9 Å². The summed E-state index contributed by atoms with van der Waals surface area (Å²) in [5.41, 5.74) is 0. The fourth-order valence-corrected chi connectivity index (χ4v) is 1.95. The third-order valence-electron chi connectivity index (χ3n) is 1.50. The van der Waals surface area contributed by atoms with E-state index in [4.69, 9.17) is 9.11 Å². The minimum Gasteiger partial charge on any atom is -0.285 e. The molecule has 2 atom stereocenters. The first-order valence-electron chi connectivity index (χ1n) is 4.44. The summed E-state index contributed by atoms with van der Waals surface area (Å²) in [7, 11) is -7.03. The van der Waals surface area contributed by atoms with E-state index in [0.717, 1.165) is 12.8 Å². The van der Waals surface area contributed by atoms with Gasteiger partial charge in [-0.1, -0.05) is 12.8 Å². The Morgan fingerprint density at radius 3 is 1.38 bits per heavy atom. The zero-order chi connectivity index (χ0) is 12.7. The molecular weight excluding hydrogens is 296 g/mol. The molecule has 2 unspecified atom stereocenters. The van der Waals surface area contributed by atoms with Crippen molar-refractivity contribution >= 4 is 40.5 Å². The van der Waals surface area contributed by atoms with E-state index in [2.05, 4.69) is 30.7 Å². The fourth-order valence-electron chi connectivity index (χ4n) is 0.886. The van der Waals surface area contributed by atoms with Gasteiger partial charge in [0, 0.05) is 22.4 Å². The number of unbranched alkanes of at least 4 members (excludes halogenated alkanes) is 3. The molecule has 0 radical (unpaired) electrons. The lowest BCUT2D eigenvalue weighted by Gasteiger charge is -2.03. The molecule has 0 saturated heterocycles. The van der Waals surface area contributed by atoms with Gasteiger partial charge in [0.25, 0.3) is 18.1 Å². The molecular formula is C6H14O6S4. The quantitative estimate of drug-likeness (QED) is 0.605. The Kier molecular flexibility index (Phi) is 8.10. The molecule has 10 heteroatoms. The highest BCUT2D eigenvalue weighted by Gasteiger charge is 2.00. The van der Waals surface area contributed by atoms with Crippen LogP contribution in [0.5, 0.6) is 0 Å². The fraction of sp³-hybridized carbons (Fsp3) is 1.00. The normalized spacial score (nSPS) is 18.9.